The highest BCUT2D eigenvalue weighted by Crippen LogP contribution is 2.45. The summed E-state index contributed by atoms with van der Waals surface area (Å²) < 4.78 is 19.4. The van der Waals surface area contributed by atoms with Crippen LogP contribution < -0.4 is 20.1 Å². The van der Waals surface area contributed by atoms with Gasteiger partial charge in [0.1, 0.15) is 46.5 Å². The van der Waals surface area contributed by atoms with Crippen LogP contribution in [0, 0.1) is 5.92 Å². The lowest BCUT2D eigenvalue weighted by Gasteiger charge is -2.30. The van der Waals surface area contributed by atoms with Crippen LogP contribution in [0.3, 0.4) is 0 Å². The number of methoxy groups -OCH3 is 1. The van der Waals surface area contributed by atoms with E-state index in [1.165, 1.54) is 4.90 Å². The minimum Gasteiger partial charge on any atom is -0.497 e. The van der Waals surface area contributed by atoms with E-state index < -0.39 is 53.2 Å². The average Bonchev–Trinajstić information content (AvgIpc) is 3.35. The second kappa shape index (κ2) is 14.2. The van der Waals surface area contributed by atoms with Gasteiger partial charge in [-0.1, -0.05) is 25.0 Å². The fourth-order valence-corrected chi connectivity index (χ4v) is 6.90. The number of carbonyl (C=O) groups is 4. The lowest BCUT2D eigenvalue weighted by molar-refractivity contribution is -0.145. The van der Waals surface area contributed by atoms with Crippen LogP contribution in [-0.2, 0) is 26.2 Å². The zero-order chi connectivity index (χ0) is 36.5. The monoisotopic (exact) mass is 702 g/mol. The fraction of sp³-hybridized carbons (Fsp3) is 0.514. The molecule has 1 unspecified atom stereocenters. The SMILES string of the molecule is COc1ccc2c(O[C@@H]3C[C@H]4C(=O)N[C@]5(C(=O)O)CC5/C=C\CCCCC[C@H](NC(=O)OC(C)(C)C)C(=O)N4C3)cc(-c3nccn3C)nc2c1. The Balaban J connectivity index is 1.35. The predicted octanol–water partition coefficient (Wildman–Crippen LogP) is 4.37. The molecule has 0 bridgehead atoms. The van der Waals surface area contributed by atoms with E-state index in [4.69, 9.17) is 19.2 Å². The molecule has 1 saturated heterocycles. The van der Waals surface area contributed by atoms with Crippen LogP contribution in [-0.4, -0.2) is 91.4 Å². The van der Waals surface area contributed by atoms with Gasteiger partial charge in [-0.25, -0.2) is 19.6 Å². The molecule has 1 aromatic carbocycles. The van der Waals surface area contributed by atoms with Crippen molar-refractivity contribution in [3.8, 4) is 23.0 Å². The Morgan fingerprint density at radius 3 is 2.65 bits per heavy atom. The quantitative estimate of drug-likeness (QED) is 0.313. The number of amides is 3. The number of carbonyl (C=O) groups excluding carboxylic acids is 3. The first-order valence-electron chi connectivity index (χ1n) is 17.4. The van der Waals surface area contributed by atoms with Crippen molar-refractivity contribution in [1.29, 1.82) is 0 Å². The summed E-state index contributed by atoms with van der Waals surface area (Å²) in [5.41, 5.74) is -1.08. The maximum Gasteiger partial charge on any atom is 0.408 e. The number of pyridine rings is 1. The summed E-state index contributed by atoms with van der Waals surface area (Å²) in [5.74, 6) is -0.834. The number of hydrogen-bond donors (Lipinski definition) is 3. The van der Waals surface area contributed by atoms with Gasteiger partial charge >= 0.3 is 12.1 Å². The van der Waals surface area contributed by atoms with Gasteiger partial charge < -0.3 is 39.4 Å². The molecule has 14 nitrogen and oxygen atoms in total. The molecule has 0 spiro atoms. The van der Waals surface area contributed by atoms with Crippen LogP contribution in [0.5, 0.6) is 11.5 Å². The van der Waals surface area contributed by atoms with E-state index in [9.17, 15) is 24.3 Å². The first-order valence-corrected chi connectivity index (χ1v) is 17.4. The van der Waals surface area contributed by atoms with Crippen molar-refractivity contribution in [1.82, 2.24) is 30.1 Å². The summed E-state index contributed by atoms with van der Waals surface area (Å²) in [4.78, 5) is 64.6. The Kier molecular flexibility index (Phi) is 9.96. The third kappa shape index (κ3) is 7.79. The van der Waals surface area contributed by atoms with Gasteiger partial charge in [0.05, 0.1) is 19.2 Å². The van der Waals surface area contributed by atoms with E-state index in [0.29, 0.717) is 46.8 Å². The smallest absolute Gasteiger partial charge is 0.408 e. The van der Waals surface area contributed by atoms with E-state index in [-0.39, 0.29) is 25.3 Å². The second-order valence-corrected chi connectivity index (χ2v) is 14.6. The number of nitrogens with zero attached hydrogens (tertiary/aromatic N) is 4. The van der Waals surface area contributed by atoms with Crippen molar-refractivity contribution >= 4 is 34.8 Å². The number of nitrogens with one attached hydrogen (secondary N) is 2. The van der Waals surface area contributed by atoms with Gasteiger partial charge in [-0.2, -0.15) is 0 Å². The number of fused-ring (bicyclic) bond motifs is 3. The largest absolute Gasteiger partial charge is 0.497 e. The number of alkyl carbamates (subject to hydrolysis) is 1. The number of imidazole rings is 1. The predicted molar refractivity (Wildman–Crippen MR) is 187 cm³/mol. The van der Waals surface area contributed by atoms with Gasteiger partial charge in [-0.05, 0) is 58.6 Å². The van der Waals surface area contributed by atoms with Crippen molar-refractivity contribution in [2.75, 3.05) is 13.7 Å². The molecule has 3 N–H and O–H groups in total. The Labute approximate surface area is 296 Å². The van der Waals surface area contributed by atoms with Crippen molar-refractivity contribution in [2.45, 2.75) is 95.0 Å². The lowest BCUT2D eigenvalue weighted by Crippen LogP contribution is -2.56. The van der Waals surface area contributed by atoms with Gasteiger partial charge in [0.2, 0.25) is 11.8 Å². The van der Waals surface area contributed by atoms with Gasteiger partial charge in [-0.15, -0.1) is 0 Å². The van der Waals surface area contributed by atoms with Crippen LogP contribution in [0.25, 0.3) is 22.4 Å². The molecule has 1 aliphatic carbocycles. The Hall–Kier alpha value is -5.14. The standard InChI is InChI=1S/C37H46N6O8/c1-36(2,3)51-35(48)40-26-12-10-8-6-7-9-11-22-20-37(22,34(46)47)41-32(44)29-18-24(21-43(29)33(26)45)50-30-19-28(31-38-15-16-42(31)4)39-27-17-23(49-5)13-14-25(27)30/h9,11,13-17,19,22,24,26,29H,6-8,10,12,18,20-21H2,1-5H3,(H,40,48)(H,41,44)(H,46,47)/b11-9-/t22?,24-,26+,29+,37-/m1/s1. The minimum absolute atomic E-state index is 0.0184. The highest BCUT2D eigenvalue weighted by molar-refractivity contribution is 5.96. The zero-order valence-corrected chi connectivity index (χ0v) is 29.7. The van der Waals surface area contributed by atoms with Crippen molar-refractivity contribution < 1.29 is 38.5 Å². The molecule has 2 aliphatic heterocycles. The van der Waals surface area contributed by atoms with E-state index in [1.54, 1.807) is 52.3 Å². The number of rotatable bonds is 6. The lowest BCUT2D eigenvalue weighted by atomic mass is 10.0. The Morgan fingerprint density at radius 2 is 1.94 bits per heavy atom. The molecule has 0 radical (unpaired) electrons. The molecule has 3 aromatic rings. The van der Waals surface area contributed by atoms with Crippen molar-refractivity contribution in [3.63, 3.8) is 0 Å². The Morgan fingerprint density at radius 1 is 1.14 bits per heavy atom. The van der Waals surface area contributed by atoms with Crippen LogP contribution >= 0.6 is 0 Å². The minimum atomic E-state index is -1.45. The van der Waals surface area contributed by atoms with Crippen molar-refractivity contribution in [3.05, 3.63) is 48.8 Å². The number of carboxylic acid groups (broad SMARTS) is 1. The van der Waals surface area contributed by atoms with Crippen LogP contribution in [0.4, 0.5) is 4.79 Å². The van der Waals surface area contributed by atoms with Gasteiger partial charge in [-0.3, -0.25) is 9.59 Å². The molecule has 14 heteroatoms. The topological polar surface area (TPSA) is 174 Å². The molecular weight excluding hydrogens is 656 g/mol. The van der Waals surface area contributed by atoms with E-state index in [2.05, 4.69) is 15.6 Å². The van der Waals surface area contributed by atoms with Gasteiger partial charge in [0.15, 0.2) is 5.82 Å². The highest BCUT2D eigenvalue weighted by Gasteiger charge is 2.61. The molecule has 2 fully saturated rings. The summed E-state index contributed by atoms with van der Waals surface area (Å²) >= 11 is 0. The summed E-state index contributed by atoms with van der Waals surface area (Å²) in [6, 6.07) is 5.18. The van der Waals surface area contributed by atoms with Crippen LogP contribution in [0.15, 0.2) is 48.8 Å². The second-order valence-electron chi connectivity index (χ2n) is 14.6. The summed E-state index contributed by atoms with van der Waals surface area (Å²) in [5, 5.41) is 16.4. The molecule has 6 rings (SSSR count). The molecule has 3 amide bonds. The summed E-state index contributed by atoms with van der Waals surface area (Å²) in [6.07, 6.45) is 9.61. The normalized spacial score (nSPS) is 26.2. The maximum absolute atomic E-state index is 14.4. The number of ether oxygens (including phenoxy) is 3. The van der Waals surface area contributed by atoms with E-state index in [1.807, 2.05) is 36.0 Å². The summed E-state index contributed by atoms with van der Waals surface area (Å²) in [7, 11) is 3.43. The first-order chi connectivity index (χ1) is 24.3. The molecule has 5 atom stereocenters. The molecule has 3 aliphatic rings. The highest BCUT2D eigenvalue weighted by atomic mass is 16.6. The molecule has 4 heterocycles. The summed E-state index contributed by atoms with van der Waals surface area (Å²) in [6.45, 7) is 5.23. The van der Waals surface area contributed by atoms with E-state index >= 15 is 0 Å². The number of aryl methyl sites for hydroxylation is 1. The van der Waals surface area contributed by atoms with Gasteiger partial charge in [0, 0.05) is 49.3 Å². The average molecular weight is 703 g/mol. The molecule has 2 aromatic heterocycles. The fourth-order valence-electron chi connectivity index (χ4n) is 6.90. The number of aromatic nitrogens is 3. The third-order valence-electron chi connectivity index (χ3n) is 9.64. The molecule has 1 saturated carbocycles. The number of aliphatic carboxylic acids is 1. The third-order valence-corrected chi connectivity index (χ3v) is 9.64. The van der Waals surface area contributed by atoms with Crippen molar-refractivity contribution in [2.24, 2.45) is 13.0 Å². The maximum atomic E-state index is 14.4. The van der Waals surface area contributed by atoms with Crippen LogP contribution in [0.2, 0.25) is 0 Å². The van der Waals surface area contributed by atoms with E-state index in [0.717, 1.165) is 19.3 Å². The Bertz CT molecular complexity index is 1850. The van der Waals surface area contributed by atoms with Crippen LogP contribution in [0.1, 0.15) is 65.7 Å². The number of allylic oxidation sites excluding steroid dienone is 1. The zero-order valence-electron chi connectivity index (χ0n) is 29.7. The number of carboxylic acids is 1. The van der Waals surface area contributed by atoms with Gasteiger partial charge in [0.25, 0.3) is 0 Å². The molecular formula is C37H46N6O8. The first kappa shape index (κ1) is 35.7. The molecule has 51 heavy (non-hydrogen) atoms. The molecule has 272 valence electrons. The number of benzene rings is 1. The number of hydrogen-bond acceptors (Lipinski definition) is 9.